The maximum absolute atomic E-state index is 10.2. The van der Waals surface area contributed by atoms with Crippen molar-refractivity contribution < 1.29 is 15.0 Å². The molecule has 0 aliphatic heterocycles. The summed E-state index contributed by atoms with van der Waals surface area (Å²) in [7, 11) is 0. The fourth-order valence-corrected chi connectivity index (χ4v) is 1.76. The summed E-state index contributed by atoms with van der Waals surface area (Å²) in [5.41, 5.74) is 0. The van der Waals surface area contributed by atoms with Crippen LogP contribution < -0.4 is 5.11 Å². The van der Waals surface area contributed by atoms with Gasteiger partial charge in [0.25, 0.3) is 0 Å². The number of hydrogen-bond acceptors (Lipinski definition) is 3. The zero-order valence-corrected chi connectivity index (χ0v) is 14.1. The van der Waals surface area contributed by atoms with Crippen molar-refractivity contribution in [3.63, 3.8) is 0 Å². The van der Waals surface area contributed by atoms with Gasteiger partial charge in [-0.3, -0.25) is 0 Å². The van der Waals surface area contributed by atoms with E-state index in [1.165, 1.54) is 0 Å². The van der Waals surface area contributed by atoms with E-state index in [1.807, 2.05) is 36.5 Å². The van der Waals surface area contributed by atoms with Gasteiger partial charge in [-0.2, -0.15) is 0 Å². The van der Waals surface area contributed by atoms with Gasteiger partial charge in [0, 0.05) is 5.97 Å². The summed E-state index contributed by atoms with van der Waals surface area (Å²) < 4.78 is 0. The Labute approximate surface area is 140 Å². The molecule has 23 heavy (non-hydrogen) atoms. The zero-order valence-electron chi connectivity index (χ0n) is 14.1. The van der Waals surface area contributed by atoms with Crippen LogP contribution in [0.15, 0.2) is 60.8 Å². The highest BCUT2D eigenvalue weighted by Crippen LogP contribution is 1.99. The molecule has 1 N–H and O–H groups in total. The number of carbonyl (C=O) groups excluding carboxylic acids is 1. The summed E-state index contributed by atoms with van der Waals surface area (Å²) in [6.07, 6.45) is 24.2. The van der Waals surface area contributed by atoms with Crippen LogP contribution in [0.5, 0.6) is 0 Å². The van der Waals surface area contributed by atoms with Gasteiger partial charge in [0.2, 0.25) is 0 Å². The van der Waals surface area contributed by atoms with Crippen molar-refractivity contribution >= 4 is 5.97 Å². The van der Waals surface area contributed by atoms with E-state index in [0.717, 1.165) is 25.7 Å². The quantitative estimate of drug-likeness (QED) is 0.320. The van der Waals surface area contributed by atoms with Crippen molar-refractivity contribution in [3.8, 4) is 0 Å². The molecule has 0 spiro atoms. The number of carboxylic acid groups (broad SMARTS) is 1. The highest BCUT2D eigenvalue weighted by atomic mass is 16.4. The maximum Gasteiger partial charge on any atom is 0.0758 e. The number of aliphatic carboxylic acids is 1. The predicted molar refractivity (Wildman–Crippen MR) is 94.7 cm³/mol. The van der Waals surface area contributed by atoms with Crippen LogP contribution in [-0.2, 0) is 4.79 Å². The summed E-state index contributed by atoms with van der Waals surface area (Å²) >= 11 is 0. The van der Waals surface area contributed by atoms with Crippen molar-refractivity contribution in [2.45, 2.75) is 58.0 Å². The van der Waals surface area contributed by atoms with E-state index in [4.69, 9.17) is 0 Å². The monoisotopic (exact) mass is 317 g/mol. The van der Waals surface area contributed by atoms with Gasteiger partial charge in [0.05, 0.1) is 6.10 Å². The van der Waals surface area contributed by atoms with Crippen LogP contribution in [-0.4, -0.2) is 17.2 Å². The van der Waals surface area contributed by atoms with Crippen molar-refractivity contribution in [1.29, 1.82) is 0 Å². The molecule has 0 saturated heterocycles. The van der Waals surface area contributed by atoms with E-state index in [0.29, 0.717) is 12.8 Å². The fraction of sp³-hybridized carbons (Fsp3) is 0.450. The summed E-state index contributed by atoms with van der Waals surface area (Å²) in [5, 5.41) is 19.9. The Balaban J connectivity index is 3.68. The number of carboxylic acids is 1. The largest absolute Gasteiger partial charge is 0.550 e. The van der Waals surface area contributed by atoms with Crippen LogP contribution in [0.4, 0.5) is 0 Å². The van der Waals surface area contributed by atoms with E-state index in [9.17, 15) is 15.0 Å². The lowest BCUT2D eigenvalue weighted by Gasteiger charge is -1.98. The number of unbranched alkanes of at least 4 members (excludes halogenated alkanes) is 1. The zero-order chi connectivity index (χ0) is 17.2. The molecule has 0 aliphatic rings. The van der Waals surface area contributed by atoms with Crippen molar-refractivity contribution in [2.75, 3.05) is 0 Å². The van der Waals surface area contributed by atoms with Crippen molar-refractivity contribution in [1.82, 2.24) is 0 Å². The summed E-state index contributed by atoms with van der Waals surface area (Å²) in [6.45, 7) is 2.11. The molecule has 0 aromatic carbocycles. The normalized spacial score (nSPS) is 14.2. The molecule has 1 atom stereocenters. The lowest BCUT2D eigenvalue weighted by molar-refractivity contribution is -0.305. The van der Waals surface area contributed by atoms with Gasteiger partial charge in [-0.1, -0.05) is 67.7 Å². The van der Waals surface area contributed by atoms with E-state index < -0.39 is 12.1 Å². The van der Waals surface area contributed by atoms with Gasteiger partial charge in [-0.05, 0) is 44.9 Å². The topological polar surface area (TPSA) is 60.4 Å². The second kappa shape index (κ2) is 16.5. The summed E-state index contributed by atoms with van der Waals surface area (Å²) in [5.74, 6) is -0.991. The number of allylic oxidation sites excluding steroid dienone is 8. The van der Waals surface area contributed by atoms with Gasteiger partial charge in [-0.25, -0.2) is 0 Å². The van der Waals surface area contributed by atoms with Crippen LogP contribution in [0.1, 0.15) is 51.9 Å². The third kappa shape index (κ3) is 18.1. The van der Waals surface area contributed by atoms with Crippen LogP contribution in [0, 0.1) is 0 Å². The van der Waals surface area contributed by atoms with Gasteiger partial charge in [0.1, 0.15) is 0 Å². The Morgan fingerprint density at radius 1 is 1.00 bits per heavy atom. The highest BCUT2D eigenvalue weighted by Gasteiger charge is 1.92. The average molecular weight is 317 g/mol. The molecule has 0 fully saturated rings. The third-order valence-electron chi connectivity index (χ3n) is 2.99. The lowest BCUT2D eigenvalue weighted by atomic mass is 10.2. The Morgan fingerprint density at radius 3 is 2.43 bits per heavy atom. The maximum atomic E-state index is 10.2. The molecule has 3 nitrogen and oxygen atoms in total. The smallest absolute Gasteiger partial charge is 0.0758 e. The van der Waals surface area contributed by atoms with E-state index in [-0.39, 0.29) is 6.42 Å². The van der Waals surface area contributed by atoms with Crippen LogP contribution >= 0.6 is 0 Å². The van der Waals surface area contributed by atoms with Crippen LogP contribution in [0.3, 0.4) is 0 Å². The molecule has 0 aliphatic carbocycles. The second-order valence-corrected chi connectivity index (χ2v) is 5.17. The lowest BCUT2D eigenvalue weighted by Crippen LogP contribution is -2.21. The van der Waals surface area contributed by atoms with Gasteiger partial charge >= 0.3 is 0 Å². The Bertz CT molecular complexity index is 428. The molecule has 0 aromatic heterocycles. The minimum absolute atomic E-state index is 0.115. The van der Waals surface area contributed by atoms with Crippen molar-refractivity contribution in [2.24, 2.45) is 0 Å². The first kappa shape index (κ1) is 21.1. The molecule has 0 amide bonds. The molecule has 0 aromatic rings. The Morgan fingerprint density at radius 2 is 1.70 bits per heavy atom. The van der Waals surface area contributed by atoms with E-state index in [2.05, 4.69) is 25.2 Å². The summed E-state index contributed by atoms with van der Waals surface area (Å²) in [6, 6.07) is 0. The van der Waals surface area contributed by atoms with Crippen LogP contribution in [0.25, 0.3) is 0 Å². The third-order valence-corrected chi connectivity index (χ3v) is 2.99. The first-order chi connectivity index (χ1) is 11.2. The molecule has 128 valence electrons. The van der Waals surface area contributed by atoms with Gasteiger partial charge < -0.3 is 15.0 Å². The number of rotatable bonds is 13. The van der Waals surface area contributed by atoms with E-state index in [1.54, 1.807) is 6.08 Å². The fourth-order valence-electron chi connectivity index (χ4n) is 1.76. The summed E-state index contributed by atoms with van der Waals surface area (Å²) in [4.78, 5) is 10.2. The predicted octanol–water partition coefficient (Wildman–Crippen LogP) is 3.63. The molecule has 0 saturated carbocycles. The Hall–Kier alpha value is -1.87. The van der Waals surface area contributed by atoms with Gasteiger partial charge in [-0.15, -0.1) is 0 Å². The minimum atomic E-state index is -0.991. The molecule has 3 heteroatoms. The molecular weight excluding hydrogens is 288 g/mol. The van der Waals surface area contributed by atoms with E-state index >= 15 is 0 Å². The molecule has 0 heterocycles. The molecule has 0 radical (unpaired) electrons. The molecule has 0 rings (SSSR count). The average Bonchev–Trinajstić information content (AvgIpc) is 2.52. The number of hydrogen-bond donors (Lipinski definition) is 1. The standard InChI is InChI=1S/C20H30O3/c1-2-3-4-5-10-13-16-19(21)17-14-11-8-6-7-9-12-15-18-20(22)23/h3-4,7-11,13-14,17,19,21H,2,5-6,12,15-16,18H2,1H3,(H,22,23)/p-1/b4-3-,9-7-,11-8-,13-10-,17-14+/t19-/m0/s1. The Kier molecular flexibility index (Phi) is 15.2. The molecule has 0 bridgehead atoms. The highest BCUT2D eigenvalue weighted by molar-refractivity contribution is 5.64. The SMILES string of the molecule is CC/C=C\C/C=C\C[C@H](O)/C=C/C=C\C/C=C\CCCC(=O)[O-]. The minimum Gasteiger partial charge on any atom is -0.550 e. The first-order valence-corrected chi connectivity index (χ1v) is 8.33. The van der Waals surface area contributed by atoms with Gasteiger partial charge in [0.15, 0.2) is 0 Å². The molecular formula is C20H29O3-. The number of aliphatic hydroxyl groups is 1. The number of aliphatic hydroxyl groups excluding tert-OH is 1. The second-order valence-electron chi connectivity index (χ2n) is 5.17. The number of carbonyl (C=O) groups is 1. The van der Waals surface area contributed by atoms with Crippen LogP contribution in [0.2, 0.25) is 0 Å². The van der Waals surface area contributed by atoms with Crippen molar-refractivity contribution in [3.05, 3.63) is 60.8 Å². The molecule has 0 unspecified atom stereocenters. The first-order valence-electron chi connectivity index (χ1n) is 8.33.